The third kappa shape index (κ3) is 6.72. The molecule has 5 rings (SSSR count). The van der Waals surface area contributed by atoms with E-state index in [2.05, 4.69) is 30.8 Å². The van der Waals surface area contributed by atoms with Crippen LogP contribution in [0.25, 0.3) is 0 Å². The molecular formula is C37H41N3O7S. The van der Waals surface area contributed by atoms with Gasteiger partial charge in [0, 0.05) is 29.4 Å². The van der Waals surface area contributed by atoms with Crippen LogP contribution in [-0.4, -0.2) is 51.5 Å². The standard InChI is InChI=1S/C37H41N3O7S/c1-21-19-22(2)36(48(44,45)39-15-17-46-18-16-41)23(3)33(21)40-28-20-29(47-25-13-11-24(12-14-25)37(4,5)6)32(38)31-30(28)34(42)26-9-7-8-10-27(26)35(31)43/h7-14,19-20,39-41H,15-18,38H2,1-6H3. The highest BCUT2D eigenvalue weighted by atomic mass is 32.2. The summed E-state index contributed by atoms with van der Waals surface area (Å²) in [6, 6.07) is 17.5. The van der Waals surface area contributed by atoms with E-state index in [1.807, 2.05) is 31.2 Å². The zero-order chi connectivity index (χ0) is 35.0. The molecule has 252 valence electrons. The minimum absolute atomic E-state index is 0.0107. The number of rotatable bonds is 11. The number of nitrogens with two attached hydrogens (primary N) is 1. The lowest BCUT2D eigenvalue weighted by Gasteiger charge is -2.26. The number of benzene rings is 4. The number of carbonyl (C=O) groups is 2. The minimum atomic E-state index is -3.99. The number of ether oxygens (including phenoxy) is 2. The summed E-state index contributed by atoms with van der Waals surface area (Å²) in [6.45, 7) is 11.6. The molecule has 0 bridgehead atoms. The fourth-order valence-corrected chi connectivity index (χ4v) is 7.51. The average molecular weight is 672 g/mol. The van der Waals surface area contributed by atoms with Gasteiger partial charge in [-0.2, -0.15) is 0 Å². The summed E-state index contributed by atoms with van der Waals surface area (Å²) in [5.41, 5.74) is 10.6. The van der Waals surface area contributed by atoms with Crippen LogP contribution in [0.15, 0.2) is 65.6 Å². The van der Waals surface area contributed by atoms with Gasteiger partial charge in [-0.1, -0.05) is 63.2 Å². The molecule has 48 heavy (non-hydrogen) atoms. The van der Waals surface area contributed by atoms with Crippen molar-refractivity contribution in [2.24, 2.45) is 0 Å². The number of hydrogen-bond donors (Lipinski definition) is 4. The Kier molecular flexibility index (Phi) is 9.79. The first-order valence-electron chi connectivity index (χ1n) is 15.6. The molecule has 0 unspecified atom stereocenters. The number of aliphatic hydroxyl groups is 1. The van der Waals surface area contributed by atoms with E-state index < -0.39 is 21.6 Å². The van der Waals surface area contributed by atoms with Crippen LogP contribution in [0.4, 0.5) is 17.1 Å². The van der Waals surface area contributed by atoms with Gasteiger partial charge in [-0.3, -0.25) is 9.59 Å². The number of nitrogen functional groups attached to an aromatic ring is 1. The lowest BCUT2D eigenvalue weighted by atomic mass is 9.82. The zero-order valence-corrected chi connectivity index (χ0v) is 28.8. The topological polar surface area (TPSA) is 157 Å². The van der Waals surface area contributed by atoms with Crippen LogP contribution in [0, 0.1) is 20.8 Å². The van der Waals surface area contributed by atoms with Gasteiger partial charge in [0.25, 0.3) is 0 Å². The summed E-state index contributed by atoms with van der Waals surface area (Å²) in [5, 5.41) is 12.2. The second kappa shape index (κ2) is 13.5. The molecule has 4 aromatic carbocycles. The minimum Gasteiger partial charge on any atom is -0.455 e. The van der Waals surface area contributed by atoms with E-state index in [0.29, 0.717) is 22.6 Å². The number of anilines is 3. The van der Waals surface area contributed by atoms with Crippen molar-refractivity contribution in [1.82, 2.24) is 4.72 Å². The highest BCUT2D eigenvalue weighted by molar-refractivity contribution is 7.89. The molecule has 0 heterocycles. The second-order valence-corrected chi connectivity index (χ2v) is 14.6. The van der Waals surface area contributed by atoms with Crippen molar-refractivity contribution in [3.05, 3.63) is 105 Å². The van der Waals surface area contributed by atoms with Crippen LogP contribution >= 0.6 is 0 Å². The van der Waals surface area contributed by atoms with Crippen molar-refractivity contribution >= 4 is 38.7 Å². The highest BCUT2D eigenvalue weighted by Crippen LogP contribution is 2.44. The summed E-state index contributed by atoms with van der Waals surface area (Å²) in [6.07, 6.45) is 0. The summed E-state index contributed by atoms with van der Waals surface area (Å²) >= 11 is 0. The molecule has 0 fully saturated rings. The van der Waals surface area contributed by atoms with Crippen LogP contribution in [0.2, 0.25) is 0 Å². The van der Waals surface area contributed by atoms with E-state index in [1.54, 1.807) is 50.2 Å². The number of ketones is 2. The molecule has 0 saturated heterocycles. The van der Waals surface area contributed by atoms with E-state index in [1.165, 1.54) is 0 Å². The van der Waals surface area contributed by atoms with Crippen LogP contribution in [-0.2, 0) is 20.2 Å². The van der Waals surface area contributed by atoms with E-state index in [-0.39, 0.29) is 76.1 Å². The first-order valence-corrected chi connectivity index (χ1v) is 17.1. The van der Waals surface area contributed by atoms with Crippen molar-refractivity contribution in [2.75, 3.05) is 37.4 Å². The molecule has 0 amide bonds. The zero-order valence-electron chi connectivity index (χ0n) is 28.0. The lowest BCUT2D eigenvalue weighted by molar-refractivity contribution is 0.0961. The second-order valence-electron chi connectivity index (χ2n) is 12.9. The Balaban J connectivity index is 1.63. The molecule has 11 heteroatoms. The number of sulfonamides is 1. The third-order valence-electron chi connectivity index (χ3n) is 8.35. The fourth-order valence-electron chi connectivity index (χ4n) is 6.02. The lowest BCUT2D eigenvalue weighted by Crippen LogP contribution is -2.29. The molecule has 10 nitrogen and oxygen atoms in total. The Hall–Kier alpha value is -4.55. The van der Waals surface area contributed by atoms with Gasteiger partial charge in [-0.05, 0) is 60.6 Å². The molecular weight excluding hydrogens is 630 g/mol. The molecule has 1 aliphatic carbocycles. The van der Waals surface area contributed by atoms with Crippen molar-refractivity contribution in [3.63, 3.8) is 0 Å². The van der Waals surface area contributed by atoms with E-state index in [4.69, 9.17) is 20.3 Å². The average Bonchev–Trinajstić information content (AvgIpc) is 3.02. The predicted octanol–water partition coefficient (Wildman–Crippen LogP) is 6.09. The molecule has 0 aromatic heterocycles. The van der Waals surface area contributed by atoms with Gasteiger partial charge in [0.2, 0.25) is 10.0 Å². The number of hydrogen-bond acceptors (Lipinski definition) is 9. The molecule has 0 saturated carbocycles. The van der Waals surface area contributed by atoms with Crippen LogP contribution in [0.5, 0.6) is 11.5 Å². The Bertz CT molecular complexity index is 2010. The summed E-state index contributed by atoms with van der Waals surface area (Å²) in [7, 11) is -3.99. The quantitative estimate of drug-likeness (QED) is 0.0964. The maximum absolute atomic E-state index is 14.0. The maximum Gasteiger partial charge on any atom is 0.241 e. The van der Waals surface area contributed by atoms with Crippen LogP contribution < -0.4 is 20.5 Å². The van der Waals surface area contributed by atoms with Gasteiger partial charge in [-0.15, -0.1) is 0 Å². The first kappa shape index (κ1) is 34.8. The van der Waals surface area contributed by atoms with Crippen molar-refractivity contribution in [1.29, 1.82) is 0 Å². The Morgan fingerprint density at radius 3 is 2.08 bits per heavy atom. The van der Waals surface area contributed by atoms with Gasteiger partial charge in [0.1, 0.15) is 5.75 Å². The highest BCUT2D eigenvalue weighted by Gasteiger charge is 2.36. The third-order valence-corrected chi connectivity index (χ3v) is 10.1. The predicted molar refractivity (Wildman–Crippen MR) is 186 cm³/mol. The normalized spacial score (nSPS) is 12.9. The number of aryl methyl sites for hydroxylation is 2. The van der Waals surface area contributed by atoms with Gasteiger partial charge < -0.3 is 25.6 Å². The first-order chi connectivity index (χ1) is 22.7. The molecule has 0 aliphatic heterocycles. The maximum atomic E-state index is 14.0. The summed E-state index contributed by atoms with van der Waals surface area (Å²) in [4.78, 5) is 28.1. The molecule has 5 N–H and O–H groups in total. The summed E-state index contributed by atoms with van der Waals surface area (Å²) in [5.74, 6) is -0.154. The van der Waals surface area contributed by atoms with Gasteiger partial charge in [0.15, 0.2) is 17.3 Å². The van der Waals surface area contributed by atoms with Crippen LogP contribution in [0.1, 0.15) is 74.9 Å². The van der Waals surface area contributed by atoms with Gasteiger partial charge in [0.05, 0.1) is 47.2 Å². The van der Waals surface area contributed by atoms with Crippen LogP contribution in [0.3, 0.4) is 0 Å². The summed E-state index contributed by atoms with van der Waals surface area (Å²) < 4.78 is 41.0. The fraction of sp³-hybridized carbons (Fsp3) is 0.297. The Morgan fingerprint density at radius 2 is 1.48 bits per heavy atom. The number of aliphatic hydroxyl groups excluding tert-OH is 1. The molecule has 0 spiro atoms. The van der Waals surface area contributed by atoms with Crippen molar-refractivity contribution in [2.45, 2.75) is 51.9 Å². The van der Waals surface area contributed by atoms with Gasteiger partial charge in [-0.25, -0.2) is 13.1 Å². The van der Waals surface area contributed by atoms with E-state index in [0.717, 1.165) is 11.1 Å². The molecule has 0 atom stereocenters. The Labute approximate surface area is 281 Å². The van der Waals surface area contributed by atoms with E-state index in [9.17, 15) is 18.0 Å². The molecule has 1 aliphatic rings. The largest absolute Gasteiger partial charge is 0.455 e. The van der Waals surface area contributed by atoms with Gasteiger partial charge >= 0.3 is 0 Å². The number of fused-ring (bicyclic) bond motifs is 2. The van der Waals surface area contributed by atoms with Crippen molar-refractivity contribution in [3.8, 4) is 11.5 Å². The van der Waals surface area contributed by atoms with Crippen molar-refractivity contribution < 1.29 is 32.6 Å². The Morgan fingerprint density at radius 1 is 0.854 bits per heavy atom. The number of carbonyl (C=O) groups excluding carboxylic acids is 2. The van der Waals surface area contributed by atoms with E-state index >= 15 is 0 Å². The number of nitrogens with one attached hydrogen (secondary N) is 2. The molecule has 0 radical (unpaired) electrons. The monoisotopic (exact) mass is 671 g/mol. The smallest absolute Gasteiger partial charge is 0.241 e. The SMILES string of the molecule is Cc1cc(C)c(S(=O)(=O)NCCOCCO)c(C)c1Nc1cc(Oc2ccc(C(C)(C)C)cc2)c(N)c2c1C(=O)c1ccccc1C2=O. The molecule has 4 aromatic rings.